The molecule has 0 bridgehead atoms. The van der Waals surface area contributed by atoms with Gasteiger partial charge in [-0.1, -0.05) is 30.3 Å². The Balaban J connectivity index is 1.89. The van der Waals surface area contributed by atoms with Crippen LogP contribution in [0.1, 0.15) is 25.3 Å². The highest BCUT2D eigenvalue weighted by Gasteiger charge is 2.54. The largest absolute Gasteiger partial charge is 0.450 e. The summed E-state index contributed by atoms with van der Waals surface area (Å²) < 4.78 is 35.6. The monoisotopic (exact) mass is 353 g/mol. The summed E-state index contributed by atoms with van der Waals surface area (Å²) in [6, 6.07) is 8.84. The summed E-state index contributed by atoms with van der Waals surface area (Å²) in [5, 5.41) is 0. The molecule has 1 aromatic rings. The van der Waals surface area contributed by atoms with Crippen LogP contribution in [0.25, 0.3) is 4.91 Å². The summed E-state index contributed by atoms with van der Waals surface area (Å²) in [6.45, 7) is 2.80. The number of quaternary nitrogens is 1. The fraction of sp³-hybridized carbons (Fsp3) is 0.438. The van der Waals surface area contributed by atoms with Gasteiger partial charge in [0.2, 0.25) is 0 Å². The van der Waals surface area contributed by atoms with Gasteiger partial charge in [0.25, 0.3) is 0 Å². The van der Waals surface area contributed by atoms with Crippen LogP contribution in [0.3, 0.4) is 0 Å². The van der Waals surface area contributed by atoms with Crippen LogP contribution < -0.4 is 5.73 Å². The Kier molecular flexibility index (Phi) is 4.37. The molecular formula is C16H21N2O5S+. The molecule has 8 heteroatoms. The third-order valence-electron chi connectivity index (χ3n) is 4.48. The molecule has 1 amide bonds. The first kappa shape index (κ1) is 16.9. The van der Waals surface area contributed by atoms with Crippen LogP contribution >= 0.6 is 0 Å². The van der Waals surface area contributed by atoms with Gasteiger partial charge in [0.1, 0.15) is 0 Å². The molecule has 3 N–H and O–H groups in total. The minimum absolute atomic E-state index is 0.146. The molecule has 0 radical (unpaired) electrons. The number of piperidine rings is 1. The van der Waals surface area contributed by atoms with E-state index < -0.39 is 15.7 Å². The Morgan fingerprint density at radius 1 is 1.29 bits per heavy atom. The second-order valence-electron chi connectivity index (χ2n) is 5.89. The number of benzene rings is 1. The normalized spacial score (nSPS) is 22.0. The maximum Gasteiger partial charge on any atom is 0.409 e. The molecule has 0 unspecified atom stereocenters. The number of carbonyl (C=O) groups is 1. The minimum Gasteiger partial charge on any atom is -0.450 e. The molecule has 1 fully saturated rings. The number of nitrogens with zero attached hydrogens (tertiary/aromatic N) is 1. The maximum atomic E-state index is 12.5. The van der Waals surface area contributed by atoms with E-state index in [2.05, 4.69) is 5.73 Å². The van der Waals surface area contributed by atoms with Crippen LogP contribution in [0.4, 0.5) is 4.79 Å². The van der Waals surface area contributed by atoms with Crippen LogP contribution in [0.15, 0.2) is 36.0 Å². The molecule has 2 aliphatic heterocycles. The zero-order valence-corrected chi connectivity index (χ0v) is 14.3. The van der Waals surface area contributed by atoms with Gasteiger partial charge in [0.05, 0.1) is 6.61 Å². The Morgan fingerprint density at radius 2 is 1.92 bits per heavy atom. The second-order valence-corrected chi connectivity index (χ2v) is 7.37. The fourth-order valence-electron chi connectivity index (χ4n) is 3.22. The van der Waals surface area contributed by atoms with E-state index in [9.17, 15) is 13.2 Å². The van der Waals surface area contributed by atoms with Crippen LogP contribution in [-0.4, -0.2) is 44.7 Å². The van der Waals surface area contributed by atoms with Crippen LogP contribution in [0.5, 0.6) is 0 Å². The van der Waals surface area contributed by atoms with Gasteiger partial charge in [-0.3, -0.25) is 0 Å². The third-order valence-corrected chi connectivity index (χ3v) is 6.00. The minimum atomic E-state index is -3.86. The number of hydrogen-bond donors (Lipinski definition) is 1. The highest BCUT2D eigenvalue weighted by molar-refractivity contribution is 7.96. The van der Waals surface area contributed by atoms with Crippen molar-refractivity contribution in [2.75, 3.05) is 19.7 Å². The SMILES string of the molecule is CCOC(=O)N1CCC2(CC1)OS(=O)(=O)C(c1ccccc1)=C2[NH3+]. The number of hydrogen-bond acceptors (Lipinski definition) is 5. The van der Waals surface area contributed by atoms with E-state index >= 15 is 0 Å². The molecule has 1 saturated heterocycles. The van der Waals surface area contributed by atoms with Crippen LogP contribution in [0, 0.1) is 0 Å². The molecule has 2 aliphatic rings. The van der Waals surface area contributed by atoms with E-state index in [1.807, 2.05) is 6.07 Å². The number of amides is 1. The molecule has 1 aromatic carbocycles. The molecule has 1 spiro atoms. The molecule has 130 valence electrons. The summed E-state index contributed by atoms with van der Waals surface area (Å²) in [4.78, 5) is 13.5. The Hall–Kier alpha value is -1.90. The Labute approximate surface area is 141 Å². The first-order chi connectivity index (χ1) is 11.4. The topological polar surface area (TPSA) is 101 Å². The summed E-state index contributed by atoms with van der Waals surface area (Å²) in [6.07, 6.45) is 0.367. The van der Waals surface area contributed by atoms with E-state index in [4.69, 9.17) is 8.92 Å². The lowest BCUT2D eigenvalue weighted by Crippen LogP contribution is -2.61. The van der Waals surface area contributed by atoms with E-state index in [1.165, 1.54) is 0 Å². The first-order valence-corrected chi connectivity index (χ1v) is 9.30. The number of rotatable bonds is 2. The van der Waals surface area contributed by atoms with E-state index in [1.54, 1.807) is 36.1 Å². The lowest BCUT2D eigenvalue weighted by atomic mass is 9.87. The molecule has 3 rings (SSSR count). The number of ether oxygens (including phenoxy) is 1. The van der Waals surface area contributed by atoms with Gasteiger partial charge in [0, 0.05) is 31.5 Å². The van der Waals surface area contributed by atoms with Gasteiger partial charge < -0.3 is 15.4 Å². The summed E-state index contributed by atoms with van der Waals surface area (Å²) in [7, 11) is -3.86. The van der Waals surface area contributed by atoms with Gasteiger partial charge in [-0.2, -0.15) is 8.42 Å². The van der Waals surface area contributed by atoms with Gasteiger partial charge in [0.15, 0.2) is 16.2 Å². The van der Waals surface area contributed by atoms with Crippen molar-refractivity contribution in [2.24, 2.45) is 0 Å². The van der Waals surface area contributed by atoms with Crippen molar-refractivity contribution in [1.29, 1.82) is 0 Å². The molecule has 24 heavy (non-hydrogen) atoms. The van der Waals surface area contributed by atoms with Crippen molar-refractivity contribution in [1.82, 2.24) is 4.90 Å². The van der Waals surface area contributed by atoms with E-state index in [0.717, 1.165) is 0 Å². The van der Waals surface area contributed by atoms with Gasteiger partial charge in [-0.25, -0.2) is 8.98 Å². The van der Waals surface area contributed by atoms with Crippen molar-refractivity contribution in [3.8, 4) is 0 Å². The predicted molar refractivity (Wildman–Crippen MR) is 86.8 cm³/mol. The smallest absolute Gasteiger partial charge is 0.409 e. The predicted octanol–water partition coefficient (Wildman–Crippen LogP) is 0.948. The quantitative estimate of drug-likeness (QED) is 0.798. The molecule has 0 saturated carbocycles. The summed E-state index contributed by atoms with van der Waals surface area (Å²) in [5.74, 6) is 0. The Morgan fingerprint density at radius 3 is 2.50 bits per heavy atom. The zero-order chi connectivity index (χ0) is 17.4. The maximum absolute atomic E-state index is 12.5. The van der Waals surface area contributed by atoms with Crippen molar-refractivity contribution < 1.29 is 27.9 Å². The lowest BCUT2D eigenvalue weighted by Gasteiger charge is -2.36. The first-order valence-electron chi connectivity index (χ1n) is 7.89. The zero-order valence-electron chi connectivity index (χ0n) is 13.5. The van der Waals surface area contributed by atoms with Crippen molar-refractivity contribution in [2.45, 2.75) is 25.4 Å². The average molecular weight is 353 g/mol. The summed E-state index contributed by atoms with van der Waals surface area (Å²) >= 11 is 0. The standard InChI is InChI=1S/C16H20N2O5S/c1-2-22-15(19)18-10-8-16(9-11-18)14(17)13(24(20,21)23-16)12-6-4-3-5-7-12/h3-7H,2,8-11,17H2,1H3/p+1. The van der Waals surface area contributed by atoms with Gasteiger partial charge >= 0.3 is 16.2 Å². The van der Waals surface area contributed by atoms with Crippen molar-refractivity contribution in [3.63, 3.8) is 0 Å². The Bertz CT molecular complexity index is 765. The summed E-state index contributed by atoms with van der Waals surface area (Å²) in [5.41, 5.74) is 4.10. The van der Waals surface area contributed by atoms with E-state index in [-0.39, 0.29) is 11.0 Å². The van der Waals surface area contributed by atoms with Crippen LogP contribution in [0.2, 0.25) is 0 Å². The van der Waals surface area contributed by atoms with Crippen molar-refractivity contribution in [3.05, 3.63) is 41.6 Å². The molecule has 2 heterocycles. The average Bonchev–Trinajstić information content (AvgIpc) is 2.75. The van der Waals surface area contributed by atoms with Crippen molar-refractivity contribution >= 4 is 21.1 Å². The molecular weight excluding hydrogens is 332 g/mol. The highest BCUT2D eigenvalue weighted by Crippen LogP contribution is 2.44. The molecule has 0 aliphatic carbocycles. The second kappa shape index (κ2) is 6.19. The lowest BCUT2D eigenvalue weighted by molar-refractivity contribution is -0.329. The molecule has 0 atom stereocenters. The van der Waals surface area contributed by atoms with Gasteiger partial charge in [-0.15, -0.1) is 0 Å². The number of likely N-dealkylation sites (tertiary alicyclic amines) is 1. The third kappa shape index (κ3) is 2.81. The molecule has 7 nitrogen and oxygen atoms in total. The van der Waals surface area contributed by atoms with E-state index in [0.29, 0.717) is 43.8 Å². The molecule has 0 aromatic heterocycles. The van der Waals surface area contributed by atoms with Crippen LogP contribution in [-0.2, 0) is 19.0 Å². The highest BCUT2D eigenvalue weighted by atomic mass is 32.2. The number of carbonyl (C=O) groups excluding carboxylic acids is 1. The van der Waals surface area contributed by atoms with Gasteiger partial charge in [-0.05, 0) is 6.92 Å². The fourth-order valence-corrected chi connectivity index (χ4v) is 4.90.